The summed E-state index contributed by atoms with van der Waals surface area (Å²) in [7, 11) is 0. The maximum Gasteiger partial charge on any atom is 0.255 e. The molecule has 10 heteroatoms. The molecule has 0 unspecified atom stereocenters. The van der Waals surface area contributed by atoms with Crippen LogP contribution < -0.4 is 21.1 Å². The number of fused-ring (bicyclic) bond motifs is 1. The molecule has 0 spiro atoms. The fourth-order valence-electron chi connectivity index (χ4n) is 3.62. The Morgan fingerprint density at radius 1 is 1.11 bits per heavy atom. The number of aromatic nitrogens is 2. The molecule has 0 radical (unpaired) electrons. The number of nitrogens with two attached hydrogens (primary N) is 1. The second-order valence-electron chi connectivity index (χ2n) is 9.44. The van der Waals surface area contributed by atoms with Crippen molar-refractivity contribution < 1.29 is 14.3 Å². The summed E-state index contributed by atoms with van der Waals surface area (Å²) >= 11 is 1.25. The minimum atomic E-state index is -0.582. The molecule has 37 heavy (non-hydrogen) atoms. The van der Waals surface area contributed by atoms with E-state index in [1.54, 1.807) is 48.5 Å². The van der Waals surface area contributed by atoms with Crippen LogP contribution in [0.4, 0.5) is 10.8 Å². The first-order valence-electron chi connectivity index (χ1n) is 11.7. The van der Waals surface area contributed by atoms with Gasteiger partial charge in [0.2, 0.25) is 11.8 Å². The van der Waals surface area contributed by atoms with Crippen LogP contribution in [-0.4, -0.2) is 21.8 Å². The molecule has 0 saturated heterocycles. The molecule has 1 fully saturated rings. The van der Waals surface area contributed by atoms with E-state index >= 15 is 0 Å². The van der Waals surface area contributed by atoms with E-state index in [1.165, 1.54) is 11.3 Å². The number of carbonyl (C=O) groups is 2. The maximum atomic E-state index is 12.9. The number of nitrogens with zero attached hydrogens (tertiary/aromatic N) is 3. The van der Waals surface area contributed by atoms with Gasteiger partial charge in [-0.1, -0.05) is 23.5 Å². The molecule has 4 aromatic rings. The Balaban J connectivity index is 1.35. The number of amides is 2. The second kappa shape index (κ2) is 9.61. The zero-order valence-electron chi connectivity index (χ0n) is 20.2. The molecule has 0 atom stereocenters. The zero-order valence-corrected chi connectivity index (χ0v) is 21.1. The summed E-state index contributed by atoms with van der Waals surface area (Å²) in [5.74, 6) is 0.246. The second-order valence-corrected chi connectivity index (χ2v) is 10.4. The Labute approximate surface area is 217 Å². The summed E-state index contributed by atoms with van der Waals surface area (Å²) in [6, 6.07) is 17.4. The van der Waals surface area contributed by atoms with Gasteiger partial charge in [0.15, 0.2) is 5.13 Å². The van der Waals surface area contributed by atoms with Crippen LogP contribution in [0, 0.1) is 17.2 Å². The van der Waals surface area contributed by atoms with E-state index in [0.29, 0.717) is 26.7 Å². The molecule has 1 aliphatic carbocycles. The molecule has 2 amide bonds. The average molecular weight is 513 g/mol. The summed E-state index contributed by atoms with van der Waals surface area (Å²) in [6.45, 7) is 3.74. The third-order valence-electron chi connectivity index (χ3n) is 5.85. The third-order valence-corrected chi connectivity index (χ3v) is 6.73. The van der Waals surface area contributed by atoms with Crippen molar-refractivity contribution in [3.8, 4) is 17.7 Å². The van der Waals surface area contributed by atoms with Crippen molar-refractivity contribution in [2.24, 2.45) is 11.7 Å². The Hall–Kier alpha value is -4.33. The number of nitrogens with one attached hydrogen (secondary N) is 2. The van der Waals surface area contributed by atoms with E-state index in [4.69, 9.17) is 10.5 Å². The highest BCUT2D eigenvalue weighted by Crippen LogP contribution is 2.33. The summed E-state index contributed by atoms with van der Waals surface area (Å²) < 4.78 is 5.93. The fourth-order valence-corrected chi connectivity index (χ4v) is 4.45. The van der Waals surface area contributed by atoms with Crippen LogP contribution in [0.3, 0.4) is 0 Å². The van der Waals surface area contributed by atoms with Gasteiger partial charge < -0.3 is 21.1 Å². The molecule has 1 saturated carbocycles. The molecule has 186 valence electrons. The van der Waals surface area contributed by atoms with Gasteiger partial charge in [-0.2, -0.15) is 5.26 Å². The number of thiazole rings is 1. The largest absolute Gasteiger partial charge is 0.438 e. The van der Waals surface area contributed by atoms with E-state index in [1.807, 2.05) is 19.9 Å². The van der Waals surface area contributed by atoms with Gasteiger partial charge in [0.05, 0.1) is 5.56 Å². The van der Waals surface area contributed by atoms with Gasteiger partial charge in [-0.05, 0) is 62.6 Å². The predicted octanol–water partition coefficient (Wildman–Crippen LogP) is 5.15. The van der Waals surface area contributed by atoms with Gasteiger partial charge in [0.25, 0.3) is 5.91 Å². The maximum absolute atomic E-state index is 12.9. The highest BCUT2D eigenvalue weighted by atomic mass is 32.1. The molecule has 0 aliphatic heterocycles. The number of hydrogen-bond acceptors (Lipinski definition) is 8. The van der Waals surface area contributed by atoms with Crippen molar-refractivity contribution in [2.75, 3.05) is 10.6 Å². The monoisotopic (exact) mass is 512 g/mol. The lowest BCUT2D eigenvalue weighted by atomic mass is 9.94. The number of hydrogen-bond donors (Lipinski definition) is 3. The Morgan fingerprint density at radius 2 is 1.92 bits per heavy atom. The summed E-state index contributed by atoms with van der Waals surface area (Å²) in [5, 5.41) is 15.7. The number of nitriles is 1. The van der Waals surface area contributed by atoms with Crippen molar-refractivity contribution in [1.29, 1.82) is 5.26 Å². The van der Waals surface area contributed by atoms with E-state index in [2.05, 4.69) is 26.7 Å². The molecular formula is C27H24N6O3S. The van der Waals surface area contributed by atoms with Gasteiger partial charge >= 0.3 is 0 Å². The number of rotatable bonds is 7. The average Bonchev–Trinajstić information content (AvgIpc) is 3.64. The van der Waals surface area contributed by atoms with Crippen LogP contribution in [0.1, 0.15) is 48.2 Å². The van der Waals surface area contributed by atoms with Crippen molar-refractivity contribution in [2.45, 2.75) is 32.2 Å². The lowest BCUT2D eigenvalue weighted by Crippen LogP contribution is -2.29. The van der Waals surface area contributed by atoms with Gasteiger partial charge in [0.1, 0.15) is 22.2 Å². The first kappa shape index (κ1) is 24.4. The first-order chi connectivity index (χ1) is 17.7. The highest BCUT2D eigenvalue weighted by molar-refractivity contribution is 7.21. The van der Waals surface area contributed by atoms with Crippen molar-refractivity contribution >= 4 is 44.3 Å². The van der Waals surface area contributed by atoms with E-state index in [-0.39, 0.29) is 34.9 Å². The first-order valence-corrected chi connectivity index (χ1v) is 12.5. The molecule has 4 N–H and O–H groups in total. The fraction of sp³-hybridized carbons (Fsp3) is 0.222. The summed E-state index contributed by atoms with van der Waals surface area (Å²) in [5.41, 5.74) is 8.26. The number of anilines is 2. The quantitative estimate of drug-likeness (QED) is 0.311. The summed E-state index contributed by atoms with van der Waals surface area (Å²) in [6.07, 6.45) is 1.82. The Bertz CT molecular complexity index is 1560. The third kappa shape index (κ3) is 5.58. The molecule has 5 rings (SSSR count). The van der Waals surface area contributed by atoms with Crippen LogP contribution in [0.25, 0.3) is 10.3 Å². The van der Waals surface area contributed by atoms with E-state index in [0.717, 1.165) is 18.4 Å². The number of ether oxygens (including phenoxy) is 1. The van der Waals surface area contributed by atoms with Crippen molar-refractivity contribution in [3.63, 3.8) is 0 Å². The molecule has 1 aliphatic rings. The van der Waals surface area contributed by atoms with Crippen molar-refractivity contribution in [3.05, 3.63) is 71.3 Å². The number of carbonyl (C=O) groups excluding carboxylic acids is 2. The normalized spacial score (nSPS) is 13.1. The highest BCUT2D eigenvalue weighted by Gasteiger charge is 2.30. The van der Waals surface area contributed by atoms with Crippen molar-refractivity contribution in [1.82, 2.24) is 9.97 Å². The van der Waals surface area contributed by atoms with E-state index in [9.17, 15) is 14.9 Å². The van der Waals surface area contributed by atoms with Crippen LogP contribution >= 0.6 is 11.3 Å². The van der Waals surface area contributed by atoms with Crippen LogP contribution in [-0.2, 0) is 10.3 Å². The minimum absolute atomic E-state index is 0.0217. The van der Waals surface area contributed by atoms with Crippen LogP contribution in [0.5, 0.6) is 11.6 Å². The van der Waals surface area contributed by atoms with Gasteiger partial charge in [0, 0.05) is 34.8 Å². The van der Waals surface area contributed by atoms with Crippen LogP contribution in [0.2, 0.25) is 0 Å². The molecule has 0 bridgehead atoms. The molecule has 2 aromatic carbocycles. The molecule has 2 aromatic heterocycles. The predicted molar refractivity (Wildman–Crippen MR) is 142 cm³/mol. The van der Waals surface area contributed by atoms with Gasteiger partial charge in [-0.3, -0.25) is 9.59 Å². The van der Waals surface area contributed by atoms with E-state index < -0.39 is 5.54 Å². The Morgan fingerprint density at radius 3 is 2.65 bits per heavy atom. The molecular weight excluding hydrogens is 488 g/mol. The minimum Gasteiger partial charge on any atom is -0.438 e. The zero-order chi connectivity index (χ0) is 26.2. The number of benzene rings is 2. The lowest BCUT2D eigenvalue weighted by molar-refractivity contribution is -0.117. The topological polar surface area (TPSA) is 143 Å². The summed E-state index contributed by atoms with van der Waals surface area (Å²) in [4.78, 5) is 34.4. The van der Waals surface area contributed by atoms with Crippen LogP contribution in [0.15, 0.2) is 54.6 Å². The molecule has 9 nitrogen and oxygen atoms in total. The van der Waals surface area contributed by atoms with Gasteiger partial charge in [-0.15, -0.1) is 0 Å². The Kier molecular flexibility index (Phi) is 6.33. The molecule has 2 heterocycles. The standard InChI is InChI=1S/C27H24N6O3S/c1-27(2,29)18-5-3-4-16(12-18)24(35)30-19-9-8-17(14-28)21(13-19)36-22-11-10-20-25(32-22)37-26(31-20)33-23(34)15-6-7-15/h3-5,8-13,15H,6-7,29H2,1-2H3,(H,30,35)(H,31,33,34). The lowest BCUT2D eigenvalue weighted by Gasteiger charge is -2.19. The smallest absolute Gasteiger partial charge is 0.255 e. The number of pyridine rings is 1. The SMILES string of the molecule is CC(C)(N)c1cccc(C(=O)Nc2ccc(C#N)c(Oc3ccc4nc(NC(=O)C5CC5)sc4n3)c2)c1. The van der Waals surface area contributed by atoms with Gasteiger partial charge in [-0.25, -0.2) is 9.97 Å².